The molecule has 1 aliphatic rings. The molecular weight excluding hydrogens is 160 g/mol. The van der Waals surface area contributed by atoms with Gasteiger partial charge in [0.15, 0.2) is 0 Å². The molecule has 0 aromatic rings. The van der Waals surface area contributed by atoms with Crippen LogP contribution in [0.4, 0.5) is 8.78 Å². The van der Waals surface area contributed by atoms with Gasteiger partial charge in [0.25, 0.3) is 6.43 Å². The molecule has 0 saturated heterocycles. The summed E-state index contributed by atoms with van der Waals surface area (Å²) in [5.74, 6) is 0.628. The van der Waals surface area contributed by atoms with E-state index in [1.807, 2.05) is 6.92 Å². The van der Waals surface area contributed by atoms with Gasteiger partial charge in [-0.1, -0.05) is 12.8 Å². The predicted molar refractivity (Wildman–Crippen MR) is 45.4 cm³/mol. The van der Waals surface area contributed by atoms with Gasteiger partial charge in [0.1, 0.15) is 0 Å². The SMILES string of the molecule is C[C@H](NCC(F)F)C1CCCC1. The van der Waals surface area contributed by atoms with Crippen LogP contribution in [0, 0.1) is 5.92 Å². The maximum Gasteiger partial charge on any atom is 0.250 e. The number of nitrogens with one attached hydrogen (secondary N) is 1. The third kappa shape index (κ3) is 3.05. The summed E-state index contributed by atoms with van der Waals surface area (Å²) in [7, 11) is 0. The normalized spacial score (nSPS) is 22.0. The molecule has 1 atom stereocenters. The average Bonchev–Trinajstić information content (AvgIpc) is 2.51. The van der Waals surface area contributed by atoms with Crippen molar-refractivity contribution >= 4 is 0 Å². The number of hydrogen-bond donors (Lipinski definition) is 1. The van der Waals surface area contributed by atoms with Crippen molar-refractivity contribution in [1.82, 2.24) is 5.32 Å². The second-order valence-corrected chi connectivity index (χ2v) is 3.63. The van der Waals surface area contributed by atoms with Crippen molar-refractivity contribution < 1.29 is 8.78 Å². The Morgan fingerprint density at radius 1 is 1.33 bits per heavy atom. The summed E-state index contributed by atoms with van der Waals surface area (Å²) in [5.41, 5.74) is 0. The molecule has 0 aromatic heterocycles. The van der Waals surface area contributed by atoms with Gasteiger partial charge in [0.2, 0.25) is 0 Å². The van der Waals surface area contributed by atoms with Gasteiger partial charge in [-0.3, -0.25) is 0 Å². The van der Waals surface area contributed by atoms with Crippen LogP contribution in [0.25, 0.3) is 0 Å². The van der Waals surface area contributed by atoms with Crippen LogP contribution in [0.2, 0.25) is 0 Å². The highest BCUT2D eigenvalue weighted by Crippen LogP contribution is 2.27. The number of hydrogen-bond acceptors (Lipinski definition) is 1. The van der Waals surface area contributed by atoms with E-state index < -0.39 is 6.43 Å². The molecule has 1 aliphatic carbocycles. The first kappa shape index (κ1) is 9.90. The molecule has 0 amide bonds. The van der Waals surface area contributed by atoms with E-state index in [9.17, 15) is 8.78 Å². The fourth-order valence-corrected chi connectivity index (χ4v) is 1.90. The van der Waals surface area contributed by atoms with E-state index in [1.165, 1.54) is 25.7 Å². The van der Waals surface area contributed by atoms with Gasteiger partial charge in [-0.25, -0.2) is 8.78 Å². The van der Waals surface area contributed by atoms with Crippen LogP contribution in [-0.2, 0) is 0 Å². The molecule has 1 rings (SSSR count). The minimum Gasteiger partial charge on any atom is -0.309 e. The zero-order valence-electron chi connectivity index (χ0n) is 7.52. The van der Waals surface area contributed by atoms with Crippen LogP contribution in [0.15, 0.2) is 0 Å². The van der Waals surface area contributed by atoms with Gasteiger partial charge in [-0.05, 0) is 25.7 Å². The zero-order chi connectivity index (χ0) is 8.97. The zero-order valence-corrected chi connectivity index (χ0v) is 7.52. The third-order valence-electron chi connectivity index (χ3n) is 2.70. The van der Waals surface area contributed by atoms with Crippen LogP contribution in [0.5, 0.6) is 0 Å². The average molecular weight is 177 g/mol. The Morgan fingerprint density at radius 2 is 1.92 bits per heavy atom. The summed E-state index contributed by atoms with van der Waals surface area (Å²) in [5, 5.41) is 2.87. The maximum atomic E-state index is 11.8. The van der Waals surface area contributed by atoms with Crippen molar-refractivity contribution in [2.45, 2.75) is 45.1 Å². The molecule has 3 heteroatoms. The lowest BCUT2D eigenvalue weighted by Crippen LogP contribution is -2.35. The van der Waals surface area contributed by atoms with Gasteiger partial charge in [0.05, 0.1) is 6.54 Å². The molecular formula is C9H17F2N. The van der Waals surface area contributed by atoms with Gasteiger partial charge >= 0.3 is 0 Å². The fraction of sp³-hybridized carbons (Fsp3) is 1.00. The largest absolute Gasteiger partial charge is 0.309 e. The highest BCUT2D eigenvalue weighted by molar-refractivity contribution is 4.77. The van der Waals surface area contributed by atoms with Crippen LogP contribution in [0.1, 0.15) is 32.6 Å². The first-order chi connectivity index (χ1) is 5.70. The first-order valence-electron chi connectivity index (χ1n) is 4.71. The minimum absolute atomic E-state index is 0.155. The standard InChI is InChI=1S/C9H17F2N/c1-7(12-6-9(10)11)8-4-2-3-5-8/h7-9,12H,2-6H2,1H3/t7-/m0/s1. The highest BCUT2D eigenvalue weighted by Gasteiger charge is 2.21. The second kappa shape index (κ2) is 4.75. The molecule has 12 heavy (non-hydrogen) atoms. The van der Waals surface area contributed by atoms with Crippen molar-refractivity contribution in [3.05, 3.63) is 0 Å². The Kier molecular flexibility index (Phi) is 3.92. The van der Waals surface area contributed by atoms with Crippen molar-refractivity contribution in [1.29, 1.82) is 0 Å². The molecule has 0 bridgehead atoms. The van der Waals surface area contributed by atoms with Crippen molar-refractivity contribution in [2.75, 3.05) is 6.54 Å². The van der Waals surface area contributed by atoms with E-state index >= 15 is 0 Å². The van der Waals surface area contributed by atoms with Gasteiger partial charge in [0, 0.05) is 6.04 Å². The Bertz CT molecular complexity index is 122. The number of halogens is 2. The van der Waals surface area contributed by atoms with Crippen molar-refractivity contribution in [2.24, 2.45) is 5.92 Å². The molecule has 1 saturated carbocycles. The molecule has 0 heterocycles. The van der Waals surface area contributed by atoms with E-state index in [-0.39, 0.29) is 12.6 Å². The van der Waals surface area contributed by atoms with Crippen LogP contribution >= 0.6 is 0 Å². The number of alkyl halides is 2. The molecule has 0 radical (unpaired) electrons. The second-order valence-electron chi connectivity index (χ2n) is 3.63. The van der Waals surface area contributed by atoms with Crippen LogP contribution < -0.4 is 5.32 Å². The Hall–Kier alpha value is -0.180. The van der Waals surface area contributed by atoms with Gasteiger partial charge in [-0.2, -0.15) is 0 Å². The van der Waals surface area contributed by atoms with E-state index in [1.54, 1.807) is 0 Å². The van der Waals surface area contributed by atoms with E-state index in [0.29, 0.717) is 5.92 Å². The molecule has 1 fully saturated rings. The van der Waals surface area contributed by atoms with Crippen LogP contribution in [-0.4, -0.2) is 19.0 Å². The molecule has 0 aromatic carbocycles. The Labute approximate surface area is 72.5 Å². The minimum atomic E-state index is -2.21. The highest BCUT2D eigenvalue weighted by atomic mass is 19.3. The Morgan fingerprint density at radius 3 is 2.42 bits per heavy atom. The molecule has 1 N–H and O–H groups in total. The quantitative estimate of drug-likeness (QED) is 0.695. The Balaban J connectivity index is 2.13. The molecule has 1 nitrogen and oxygen atoms in total. The summed E-state index contributed by atoms with van der Waals surface area (Å²) in [6.07, 6.45) is 2.74. The molecule has 0 spiro atoms. The number of rotatable bonds is 4. The summed E-state index contributed by atoms with van der Waals surface area (Å²) in [6, 6.07) is 0.265. The topological polar surface area (TPSA) is 12.0 Å². The van der Waals surface area contributed by atoms with Gasteiger partial charge in [-0.15, -0.1) is 0 Å². The van der Waals surface area contributed by atoms with E-state index in [4.69, 9.17) is 0 Å². The summed E-state index contributed by atoms with van der Waals surface area (Å²) in [4.78, 5) is 0. The van der Waals surface area contributed by atoms with Crippen molar-refractivity contribution in [3.8, 4) is 0 Å². The fourth-order valence-electron chi connectivity index (χ4n) is 1.90. The predicted octanol–water partition coefficient (Wildman–Crippen LogP) is 2.42. The lowest BCUT2D eigenvalue weighted by molar-refractivity contribution is 0.138. The van der Waals surface area contributed by atoms with E-state index in [0.717, 1.165) is 0 Å². The molecule has 0 unspecified atom stereocenters. The van der Waals surface area contributed by atoms with E-state index in [2.05, 4.69) is 5.32 Å². The lowest BCUT2D eigenvalue weighted by atomic mass is 10.00. The first-order valence-corrected chi connectivity index (χ1v) is 4.71. The summed E-state index contributed by atoms with van der Waals surface area (Å²) in [6.45, 7) is 1.86. The van der Waals surface area contributed by atoms with Crippen LogP contribution in [0.3, 0.4) is 0 Å². The lowest BCUT2D eigenvalue weighted by Gasteiger charge is -2.19. The van der Waals surface area contributed by atoms with Crippen molar-refractivity contribution in [3.63, 3.8) is 0 Å². The molecule has 72 valence electrons. The monoisotopic (exact) mass is 177 g/mol. The van der Waals surface area contributed by atoms with Gasteiger partial charge < -0.3 is 5.32 Å². The summed E-state index contributed by atoms with van der Waals surface area (Å²) >= 11 is 0. The maximum absolute atomic E-state index is 11.8. The summed E-state index contributed by atoms with van der Waals surface area (Å²) < 4.78 is 23.6. The smallest absolute Gasteiger partial charge is 0.250 e. The molecule has 0 aliphatic heterocycles. The third-order valence-corrected chi connectivity index (χ3v) is 2.70.